The fourth-order valence-corrected chi connectivity index (χ4v) is 7.02. The van der Waals surface area contributed by atoms with E-state index in [0.717, 1.165) is 0 Å². The normalized spacial score (nSPS) is 13.6. The number of hydrogen-bond acceptors (Lipinski definition) is 11. The molecule has 0 heterocycles. The van der Waals surface area contributed by atoms with Crippen LogP contribution in [0.15, 0.2) is 71.7 Å². The minimum atomic E-state index is -1.25. The van der Waals surface area contributed by atoms with E-state index in [4.69, 9.17) is 22.3 Å². The van der Waals surface area contributed by atoms with Crippen molar-refractivity contribution in [2.75, 3.05) is 6.54 Å². The molecule has 14 nitrogen and oxygen atoms in total. The summed E-state index contributed by atoms with van der Waals surface area (Å²) in [6, 6.07) is 13.6. The topological polar surface area (TPSA) is 271 Å². The summed E-state index contributed by atoms with van der Waals surface area (Å²) in [6.07, 6.45) is -2.37. The van der Waals surface area contributed by atoms with E-state index in [1.807, 2.05) is 0 Å². The first-order valence-electron chi connectivity index (χ1n) is 20.0. The highest BCUT2D eigenvalue weighted by Crippen LogP contribution is 2.30. The van der Waals surface area contributed by atoms with Crippen LogP contribution in [-0.2, 0) is 52.8 Å². The van der Waals surface area contributed by atoms with Crippen molar-refractivity contribution in [2.45, 2.75) is 90.0 Å². The first kappa shape index (κ1) is 49.2. The van der Waals surface area contributed by atoms with Crippen molar-refractivity contribution in [3.63, 3.8) is 0 Å². The lowest BCUT2D eigenvalue weighted by Crippen LogP contribution is -2.36. The number of carbonyl (C=O) groups is 7. The lowest BCUT2D eigenvalue weighted by molar-refractivity contribution is -0.141. The molecule has 0 fully saturated rings. The second-order valence-corrected chi connectivity index (χ2v) is 15.5. The smallest absolute Gasteiger partial charge is 0.304 e. The van der Waals surface area contributed by atoms with E-state index in [1.54, 1.807) is 0 Å². The molecule has 3 aromatic carbocycles. The Morgan fingerprint density at radius 3 is 1.64 bits per heavy atom. The molecule has 5 atom stereocenters. The third-order valence-electron chi connectivity index (χ3n) is 10.5. The fourth-order valence-electron chi connectivity index (χ4n) is 7.02. The Balaban J connectivity index is 1.91. The Kier molecular flexibility index (Phi) is 19.5. The van der Waals surface area contributed by atoms with Gasteiger partial charge in [-0.1, -0.05) is 30.3 Å². The zero-order valence-electron chi connectivity index (χ0n) is 34.1. The predicted octanol–water partition coefficient (Wildman–Crippen LogP) is 4.50. The van der Waals surface area contributed by atoms with Gasteiger partial charge >= 0.3 is 5.97 Å². The van der Waals surface area contributed by atoms with Gasteiger partial charge in [0.1, 0.15) is 40.6 Å². The molecule has 0 aromatic heterocycles. The summed E-state index contributed by atoms with van der Waals surface area (Å²) in [4.78, 5) is 95.7. The van der Waals surface area contributed by atoms with Gasteiger partial charge in [0.05, 0.1) is 12.5 Å². The Labute approximate surface area is 352 Å². The number of nitrogens with two attached hydrogens (primary N) is 3. The van der Waals surface area contributed by atoms with Gasteiger partial charge in [0, 0.05) is 68.7 Å². The number of phenols is 2. The molecule has 0 saturated carbocycles. The van der Waals surface area contributed by atoms with Crippen molar-refractivity contribution in [1.82, 2.24) is 0 Å². The summed E-state index contributed by atoms with van der Waals surface area (Å²) < 4.78 is 27.3. The molecule has 61 heavy (non-hydrogen) atoms. The third kappa shape index (κ3) is 17.5. The molecule has 0 aliphatic carbocycles. The van der Waals surface area contributed by atoms with Gasteiger partial charge in [0.15, 0.2) is 23.2 Å². The molecular formula is C45H54F2N4O10. The number of Topliss-reactive ketones (excluding diaryl/α,β-unsaturated/α-hetero) is 6. The largest absolute Gasteiger partial charge is 0.504 e. The molecule has 3 rings (SSSR count). The predicted molar refractivity (Wildman–Crippen MR) is 221 cm³/mol. The van der Waals surface area contributed by atoms with Crippen molar-refractivity contribution >= 4 is 46.6 Å². The summed E-state index contributed by atoms with van der Waals surface area (Å²) in [5.74, 6) is -10.4. The van der Waals surface area contributed by atoms with Gasteiger partial charge in [-0.25, -0.2) is 8.78 Å². The zero-order valence-corrected chi connectivity index (χ0v) is 34.1. The molecule has 0 amide bonds. The van der Waals surface area contributed by atoms with Crippen LogP contribution in [0.4, 0.5) is 8.78 Å². The lowest BCUT2D eigenvalue weighted by atomic mass is 9.79. The fraction of sp³-hybridized carbons (Fsp3) is 0.422. The van der Waals surface area contributed by atoms with Crippen LogP contribution in [-0.4, -0.2) is 74.5 Å². The van der Waals surface area contributed by atoms with Crippen LogP contribution in [0.25, 0.3) is 0 Å². The van der Waals surface area contributed by atoms with Gasteiger partial charge in [-0.3, -0.25) is 38.6 Å². The molecule has 5 unspecified atom stereocenters. The van der Waals surface area contributed by atoms with Crippen LogP contribution >= 0.6 is 0 Å². The van der Waals surface area contributed by atoms with E-state index in [9.17, 15) is 52.6 Å². The van der Waals surface area contributed by atoms with Crippen molar-refractivity contribution in [3.8, 4) is 11.5 Å². The van der Waals surface area contributed by atoms with E-state index in [-0.39, 0.29) is 76.7 Å². The van der Waals surface area contributed by atoms with Crippen molar-refractivity contribution in [3.05, 3.63) is 95.1 Å². The van der Waals surface area contributed by atoms with Crippen molar-refractivity contribution in [2.24, 2.45) is 45.9 Å². The van der Waals surface area contributed by atoms with Gasteiger partial charge in [0.2, 0.25) is 0 Å². The molecule has 328 valence electrons. The van der Waals surface area contributed by atoms with Crippen molar-refractivity contribution < 1.29 is 57.7 Å². The highest BCUT2D eigenvalue weighted by atomic mass is 19.1. The quantitative estimate of drug-likeness (QED) is 0.0255. The standard InChI is InChI=1S/C45H54F2N4O10/c1-26(52)31(25-44(60)61)21-36(53)13-15-38(54)30(3-2-16-51-45(49)50)22-40(56)33(18-29-8-14-39(55)43(59)20-29)23-41(57)32(17-27-4-9-34(46)10-5-27)24-42(58)37(48)19-28-6-11-35(47)12-7-28/h4-12,14,20,30-33,37,55,59H,2-3,13,15-19,21-25,48H2,1H3,(H,60,61)(H4,49,50,51). The van der Waals surface area contributed by atoms with Crippen LogP contribution < -0.4 is 17.2 Å². The number of aliphatic imine (C=N–C) groups is 1. The Hall–Kier alpha value is -6.16. The van der Waals surface area contributed by atoms with Gasteiger partial charge in [-0.2, -0.15) is 0 Å². The van der Waals surface area contributed by atoms with Gasteiger partial charge in [0.25, 0.3) is 0 Å². The van der Waals surface area contributed by atoms with Gasteiger partial charge in [-0.15, -0.1) is 0 Å². The average Bonchev–Trinajstić information content (AvgIpc) is 3.19. The Bertz CT molecular complexity index is 2050. The summed E-state index contributed by atoms with van der Waals surface area (Å²) in [5.41, 5.74) is 18.7. The molecule has 0 aliphatic rings. The number of aliphatic carboxylic acids is 1. The third-order valence-corrected chi connectivity index (χ3v) is 10.5. The monoisotopic (exact) mass is 848 g/mol. The average molecular weight is 849 g/mol. The minimum Gasteiger partial charge on any atom is -0.504 e. The molecule has 9 N–H and O–H groups in total. The Morgan fingerprint density at radius 1 is 0.607 bits per heavy atom. The number of halogens is 2. The molecule has 0 aliphatic heterocycles. The number of aromatic hydroxyl groups is 2. The number of carbonyl (C=O) groups excluding carboxylic acids is 6. The van der Waals surface area contributed by atoms with Crippen LogP contribution in [0, 0.1) is 35.3 Å². The summed E-state index contributed by atoms with van der Waals surface area (Å²) in [6.45, 7) is 1.30. The number of ketones is 6. The number of guanidine groups is 1. The van der Waals surface area contributed by atoms with Crippen molar-refractivity contribution in [1.29, 1.82) is 0 Å². The maximum absolute atomic E-state index is 14.3. The molecule has 3 aromatic rings. The summed E-state index contributed by atoms with van der Waals surface area (Å²) in [5, 5.41) is 29.3. The number of nitrogens with zero attached hydrogens (tertiary/aromatic N) is 1. The van der Waals surface area contributed by atoms with E-state index in [0.29, 0.717) is 16.7 Å². The van der Waals surface area contributed by atoms with Gasteiger partial charge in [-0.05, 0) is 92.1 Å². The molecule has 0 radical (unpaired) electrons. The minimum absolute atomic E-state index is 0.00802. The summed E-state index contributed by atoms with van der Waals surface area (Å²) in [7, 11) is 0. The number of benzene rings is 3. The highest BCUT2D eigenvalue weighted by molar-refractivity contribution is 5.96. The van der Waals surface area contributed by atoms with Crippen LogP contribution in [0.5, 0.6) is 11.5 Å². The first-order valence-corrected chi connectivity index (χ1v) is 20.0. The molecule has 0 saturated heterocycles. The number of carboxylic acid groups (broad SMARTS) is 1. The molecule has 16 heteroatoms. The number of hydrogen-bond donors (Lipinski definition) is 6. The number of phenolic OH excluding ortho intramolecular Hbond substituents is 2. The second-order valence-electron chi connectivity index (χ2n) is 15.5. The summed E-state index contributed by atoms with van der Waals surface area (Å²) >= 11 is 0. The van der Waals surface area contributed by atoms with E-state index < -0.39 is 106 Å². The molecule has 0 bridgehead atoms. The maximum Gasteiger partial charge on any atom is 0.304 e. The van der Waals surface area contributed by atoms with E-state index >= 15 is 0 Å². The zero-order chi connectivity index (χ0) is 45.2. The van der Waals surface area contributed by atoms with E-state index in [2.05, 4.69) is 4.99 Å². The number of rotatable bonds is 28. The van der Waals surface area contributed by atoms with Crippen LogP contribution in [0.1, 0.15) is 81.4 Å². The van der Waals surface area contributed by atoms with Crippen LogP contribution in [0.2, 0.25) is 0 Å². The van der Waals surface area contributed by atoms with E-state index in [1.165, 1.54) is 73.7 Å². The molecule has 0 spiro atoms. The Morgan fingerprint density at radius 2 is 1.11 bits per heavy atom. The van der Waals surface area contributed by atoms with Crippen LogP contribution in [0.3, 0.4) is 0 Å². The SMILES string of the molecule is CC(=O)C(CC(=O)O)CC(=O)CCC(=O)C(CCCN=C(N)N)CC(=O)C(CC(=O)C(CC(=O)C(N)Cc1ccc(F)cc1)Cc1ccc(F)cc1)Cc1ccc(O)c(O)c1. The number of carboxylic acids is 1. The molecular weight excluding hydrogens is 795 g/mol. The second kappa shape index (κ2) is 24.2. The maximum atomic E-state index is 14.3. The first-order chi connectivity index (χ1) is 28.8. The lowest BCUT2D eigenvalue weighted by Gasteiger charge is -2.23. The highest BCUT2D eigenvalue weighted by Gasteiger charge is 2.33. The van der Waals surface area contributed by atoms with Gasteiger partial charge < -0.3 is 32.5 Å².